The van der Waals surface area contributed by atoms with Gasteiger partial charge in [-0.2, -0.15) is 0 Å². The Morgan fingerprint density at radius 3 is 3.00 bits per heavy atom. The molecule has 1 heterocycles. The zero-order chi connectivity index (χ0) is 12.3. The van der Waals surface area contributed by atoms with E-state index in [-0.39, 0.29) is 5.78 Å². The van der Waals surface area contributed by atoms with Crippen molar-refractivity contribution >= 4 is 21.7 Å². The number of benzene rings is 1. The van der Waals surface area contributed by atoms with Gasteiger partial charge in [0.2, 0.25) is 0 Å². The third-order valence-electron chi connectivity index (χ3n) is 3.46. The molecule has 0 bridgehead atoms. The van der Waals surface area contributed by atoms with Crippen LogP contribution in [0.2, 0.25) is 0 Å². The molecule has 0 radical (unpaired) electrons. The van der Waals surface area contributed by atoms with Crippen LogP contribution < -0.4 is 0 Å². The lowest BCUT2D eigenvalue weighted by atomic mass is 10.1. The van der Waals surface area contributed by atoms with Crippen molar-refractivity contribution in [1.29, 1.82) is 0 Å². The van der Waals surface area contributed by atoms with Crippen LogP contribution in [0.15, 0.2) is 28.7 Å². The summed E-state index contributed by atoms with van der Waals surface area (Å²) in [4.78, 5) is 14.4. The minimum absolute atomic E-state index is 0.225. The van der Waals surface area contributed by atoms with E-state index in [1.54, 1.807) is 0 Å². The highest BCUT2D eigenvalue weighted by Crippen LogP contribution is 2.19. The number of Topliss-reactive ketones (excluding diaryl/α,β-unsaturated/α-hetero) is 1. The van der Waals surface area contributed by atoms with Crippen molar-refractivity contribution in [3.8, 4) is 0 Å². The van der Waals surface area contributed by atoms with Crippen LogP contribution in [0.4, 0.5) is 0 Å². The average molecular weight is 296 g/mol. The maximum Gasteiger partial charge on any atom is 0.176 e. The zero-order valence-electron chi connectivity index (χ0n) is 10.2. The second kappa shape index (κ2) is 5.78. The van der Waals surface area contributed by atoms with Crippen LogP contribution in [0, 0.1) is 5.92 Å². The zero-order valence-corrected chi connectivity index (χ0v) is 11.7. The molecule has 1 aliphatic heterocycles. The fraction of sp³-hybridized carbons (Fsp3) is 0.500. The molecule has 0 N–H and O–H groups in total. The molecule has 1 aromatic rings. The van der Waals surface area contributed by atoms with Gasteiger partial charge < -0.3 is 0 Å². The quantitative estimate of drug-likeness (QED) is 0.794. The number of ketones is 1. The monoisotopic (exact) mass is 295 g/mol. The number of rotatable bonds is 4. The molecule has 1 aromatic carbocycles. The van der Waals surface area contributed by atoms with Crippen molar-refractivity contribution in [3.05, 3.63) is 34.3 Å². The van der Waals surface area contributed by atoms with Gasteiger partial charge in [-0.1, -0.05) is 41.4 Å². The van der Waals surface area contributed by atoms with Gasteiger partial charge in [-0.05, 0) is 31.0 Å². The average Bonchev–Trinajstić information content (AvgIpc) is 2.77. The highest BCUT2D eigenvalue weighted by molar-refractivity contribution is 9.10. The van der Waals surface area contributed by atoms with Crippen molar-refractivity contribution in [2.24, 2.45) is 5.92 Å². The van der Waals surface area contributed by atoms with E-state index >= 15 is 0 Å². The fourth-order valence-electron chi connectivity index (χ4n) is 2.35. The van der Waals surface area contributed by atoms with Crippen molar-refractivity contribution in [1.82, 2.24) is 4.90 Å². The molecule has 0 saturated carbocycles. The standard InChI is InChI=1S/C14H18BrNO/c1-2-11-6-7-16(9-11)10-14(17)12-4-3-5-13(15)8-12/h3-5,8,11H,2,6-7,9-10H2,1H3. The second-order valence-electron chi connectivity index (χ2n) is 4.73. The summed E-state index contributed by atoms with van der Waals surface area (Å²) in [5.41, 5.74) is 0.805. The fourth-order valence-corrected chi connectivity index (χ4v) is 2.75. The summed E-state index contributed by atoms with van der Waals surface area (Å²) < 4.78 is 0.969. The lowest BCUT2D eigenvalue weighted by molar-refractivity contribution is 0.0943. The molecule has 0 aromatic heterocycles. The van der Waals surface area contributed by atoms with E-state index in [0.29, 0.717) is 6.54 Å². The SMILES string of the molecule is CCC1CCN(CC(=O)c2cccc(Br)c2)C1. The van der Waals surface area contributed by atoms with E-state index < -0.39 is 0 Å². The molecule has 2 rings (SSSR count). The molecule has 2 nitrogen and oxygen atoms in total. The Labute approximate surface area is 111 Å². The number of hydrogen-bond donors (Lipinski definition) is 0. The summed E-state index contributed by atoms with van der Waals surface area (Å²) in [5.74, 6) is 1.01. The molecular formula is C14H18BrNO. The van der Waals surface area contributed by atoms with Gasteiger partial charge in [0, 0.05) is 16.6 Å². The molecule has 0 aliphatic carbocycles. The highest BCUT2D eigenvalue weighted by Gasteiger charge is 2.22. The molecule has 92 valence electrons. The molecule has 1 aliphatic rings. The summed E-state index contributed by atoms with van der Waals surface area (Å²) in [6, 6.07) is 7.64. The Balaban J connectivity index is 1.94. The smallest absolute Gasteiger partial charge is 0.176 e. The van der Waals surface area contributed by atoms with E-state index in [2.05, 4.69) is 27.8 Å². The number of carbonyl (C=O) groups is 1. The van der Waals surface area contributed by atoms with Crippen molar-refractivity contribution in [3.63, 3.8) is 0 Å². The van der Waals surface area contributed by atoms with E-state index in [4.69, 9.17) is 0 Å². The van der Waals surface area contributed by atoms with Crippen molar-refractivity contribution in [2.75, 3.05) is 19.6 Å². The first-order valence-corrected chi connectivity index (χ1v) is 6.99. The summed E-state index contributed by atoms with van der Waals surface area (Å²) in [5, 5.41) is 0. The lowest BCUT2D eigenvalue weighted by Gasteiger charge is -2.14. The van der Waals surface area contributed by atoms with Gasteiger partial charge in [0.25, 0.3) is 0 Å². The van der Waals surface area contributed by atoms with Gasteiger partial charge >= 0.3 is 0 Å². The van der Waals surface area contributed by atoms with Crippen LogP contribution in [0.1, 0.15) is 30.1 Å². The number of carbonyl (C=O) groups excluding carboxylic acids is 1. The van der Waals surface area contributed by atoms with E-state index in [9.17, 15) is 4.79 Å². The minimum atomic E-state index is 0.225. The van der Waals surface area contributed by atoms with E-state index in [1.165, 1.54) is 12.8 Å². The Hall–Kier alpha value is -0.670. The van der Waals surface area contributed by atoms with Gasteiger partial charge in [-0.3, -0.25) is 9.69 Å². The summed E-state index contributed by atoms with van der Waals surface area (Å²) in [6.45, 7) is 4.94. The normalized spacial score (nSPS) is 20.7. The van der Waals surface area contributed by atoms with Crippen LogP contribution in [0.5, 0.6) is 0 Å². The predicted molar refractivity (Wildman–Crippen MR) is 73.3 cm³/mol. The maximum absolute atomic E-state index is 12.1. The van der Waals surface area contributed by atoms with Crippen molar-refractivity contribution < 1.29 is 4.79 Å². The summed E-state index contributed by atoms with van der Waals surface area (Å²) >= 11 is 3.40. The van der Waals surface area contributed by atoms with Crippen LogP contribution in [0.25, 0.3) is 0 Å². The van der Waals surface area contributed by atoms with Crippen LogP contribution in [-0.2, 0) is 0 Å². The van der Waals surface area contributed by atoms with E-state index in [1.807, 2.05) is 24.3 Å². The topological polar surface area (TPSA) is 20.3 Å². The lowest BCUT2D eigenvalue weighted by Crippen LogP contribution is -2.27. The molecule has 3 heteroatoms. The van der Waals surface area contributed by atoms with Crippen LogP contribution in [-0.4, -0.2) is 30.3 Å². The minimum Gasteiger partial charge on any atom is -0.296 e. The maximum atomic E-state index is 12.1. The Bertz CT molecular complexity index is 405. The third-order valence-corrected chi connectivity index (χ3v) is 3.95. The van der Waals surface area contributed by atoms with E-state index in [0.717, 1.165) is 29.0 Å². The van der Waals surface area contributed by atoms with Gasteiger partial charge in [0.05, 0.1) is 6.54 Å². The number of halogens is 1. The largest absolute Gasteiger partial charge is 0.296 e. The molecule has 1 fully saturated rings. The first-order valence-electron chi connectivity index (χ1n) is 6.20. The molecular weight excluding hydrogens is 278 g/mol. The Morgan fingerprint density at radius 2 is 2.35 bits per heavy atom. The number of hydrogen-bond acceptors (Lipinski definition) is 2. The third kappa shape index (κ3) is 3.39. The first kappa shape index (κ1) is 12.8. The molecule has 1 unspecified atom stereocenters. The van der Waals surface area contributed by atoms with Gasteiger partial charge in [0.1, 0.15) is 0 Å². The van der Waals surface area contributed by atoms with Gasteiger partial charge in [-0.15, -0.1) is 0 Å². The second-order valence-corrected chi connectivity index (χ2v) is 5.65. The number of nitrogens with zero attached hydrogens (tertiary/aromatic N) is 1. The first-order chi connectivity index (χ1) is 8.19. The highest BCUT2D eigenvalue weighted by atomic mass is 79.9. The summed E-state index contributed by atoms with van der Waals surface area (Å²) in [7, 11) is 0. The Morgan fingerprint density at radius 1 is 1.53 bits per heavy atom. The van der Waals surface area contributed by atoms with Gasteiger partial charge in [0.15, 0.2) is 5.78 Å². The molecule has 0 amide bonds. The molecule has 0 spiro atoms. The number of likely N-dealkylation sites (tertiary alicyclic amines) is 1. The predicted octanol–water partition coefficient (Wildman–Crippen LogP) is 3.36. The molecule has 1 saturated heterocycles. The summed E-state index contributed by atoms with van der Waals surface area (Å²) in [6.07, 6.45) is 2.46. The van der Waals surface area contributed by atoms with Gasteiger partial charge in [-0.25, -0.2) is 0 Å². The van der Waals surface area contributed by atoms with Crippen LogP contribution >= 0.6 is 15.9 Å². The molecule has 17 heavy (non-hydrogen) atoms. The molecule has 1 atom stereocenters. The van der Waals surface area contributed by atoms with Crippen molar-refractivity contribution in [2.45, 2.75) is 19.8 Å². The Kier molecular flexibility index (Phi) is 4.35. The van der Waals surface area contributed by atoms with Crippen LogP contribution in [0.3, 0.4) is 0 Å².